The molecule has 78 valence electrons. The molecule has 1 aromatic carbocycles. The summed E-state index contributed by atoms with van der Waals surface area (Å²) in [6.07, 6.45) is 0. The van der Waals surface area contributed by atoms with Gasteiger partial charge in [-0.05, 0) is 31.2 Å². The zero-order valence-electron chi connectivity index (χ0n) is 7.92. The smallest absolute Gasteiger partial charge is 0.131 e. The molecule has 14 heavy (non-hydrogen) atoms. The van der Waals surface area contributed by atoms with Crippen LogP contribution in [-0.4, -0.2) is 18.7 Å². The summed E-state index contributed by atoms with van der Waals surface area (Å²) >= 11 is 3.39. The molecule has 1 saturated heterocycles. The van der Waals surface area contributed by atoms with Crippen LogP contribution in [0.25, 0.3) is 0 Å². The second-order valence-corrected chi connectivity index (χ2v) is 4.53. The number of benzene rings is 1. The molecule has 1 N–H and O–H groups in total. The number of rotatable bonds is 2. The van der Waals surface area contributed by atoms with Crippen molar-refractivity contribution < 1.29 is 4.74 Å². The van der Waals surface area contributed by atoms with E-state index in [1.165, 1.54) is 0 Å². The van der Waals surface area contributed by atoms with Gasteiger partial charge in [0, 0.05) is 17.6 Å². The van der Waals surface area contributed by atoms with Gasteiger partial charge >= 0.3 is 0 Å². The highest BCUT2D eigenvalue weighted by Gasteiger charge is 2.33. The third-order valence-electron chi connectivity index (χ3n) is 2.18. The maximum absolute atomic E-state index is 5.81. The predicted octanol–water partition coefficient (Wildman–Crippen LogP) is 2.61. The van der Waals surface area contributed by atoms with E-state index < -0.39 is 0 Å². The van der Waals surface area contributed by atoms with Crippen LogP contribution in [0, 0.1) is 0 Å². The van der Waals surface area contributed by atoms with Gasteiger partial charge in [-0.15, -0.1) is 12.4 Å². The molecule has 1 aliphatic rings. The Balaban J connectivity index is 0.000000980. The highest BCUT2D eigenvalue weighted by atomic mass is 79.9. The summed E-state index contributed by atoms with van der Waals surface area (Å²) in [5.74, 6) is 0.937. The molecule has 0 atom stereocenters. The Morgan fingerprint density at radius 2 is 1.86 bits per heavy atom. The van der Waals surface area contributed by atoms with Gasteiger partial charge in [0.2, 0.25) is 0 Å². The minimum absolute atomic E-state index is 0. The SMILES string of the molecule is CC1(Oc2ccc(Br)cc2)CNC1.Cl. The molecule has 1 aliphatic heterocycles. The molecular weight excluding hydrogens is 265 g/mol. The summed E-state index contributed by atoms with van der Waals surface area (Å²) in [5, 5.41) is 3.20. The van der Waals surface area contributed by atoms with Gasteiger partial charge in [0.1, 0.15) is 11.4 Å². The fraction of sp³-hybridized carbons (Fsp3) is 0.400. The Bertz CT molecular complexity index is 297. The summed E-state index contributed by atoms with van der Waals surface area (Å²) in [7, 11) is 0. The monoisotopic (exact) mass is 277 g/mol. The molecule has 0 amide bonds. The quantitative estimate of drug-likeness (QED) is 0.898. The molecule has 0 spiro atoms. The van der Waals surface area contributed by atoms with Crippen molar-refractivity contribution in [1.29, 1.82) is 0 Å². The van der Waals surface area contributed by atoms with Crippen molar-refractivity contribution in [3.63, 3.8) is 0 Å². The normalized spacial score (nSPS) is 17.9. The summed E-state index contributed by atoms with van der Waals surface area (Å²) in [5.41, 5.74) is -0.00612. The van der Waals surface area contributed by atoms with Gasteiger partial charge < -0.3 is 10.1 Å². The predicted molar refractivity (Wildman–Crippen MR) is 63.3 cm³/mol. The van der Waals surface area contributed by atoms with E-state index in [4.69, 9.17) is 4.74 Å². The van der Waals surface area contributed by atoms with Crippen molar-refractivity contribution in [1.82, 2.24) is 5.32 Å². The standard InChI is InChI=1S/C10H12BrNO.ClH/c1-10(6-12-7-10)13-9-4-2-8(11)3-5-9;/h2-5,12H,6-7H2,1H3;1H. The lowest BCUT2D eigenvalue weighted by Gasteiger charge is -2.39. The van der Waals surface area contributed by atoms with Gasteiger partial charge in [-0.2, -0.15) is 0 Å². The fourth-order valence-corrected chi connectivity index (χ4v) is 1.60. The van der Waals surface area contributed by atoms with Gasteiger partial charge in [-0.25, -0.2) is 0 Å². The lowest BCUT2D eigenvalue weighted by Crippen LogP contribution is -2.60. The summed E-state index contributed by atoms with van der Waals surface area (Å²) in [4.78, 5) is 0. The Morgan fingerprint density at radius 1 is 1.29 bits per heavy atom. The largest absolute Gasteiger partial charge is 0.485 e. The number of hydrogen-bond acceptors (Lipinski definition) is 2. The van der Waals surface area contributed by atoms with E-state index in [2.05, 4.69) is 28.2 Å². The first-order valence-corrected chi connectivity index (χ1v) is 5.13. The van der Waals surface area contributed by atoms with E-state index >= 15 is 0 Å². The maximum atomic E-state index is 5.81. The summed E-state index contributed by atoms with van der Waals surface area (Å²) < 4.78 is 6.89. The van der Waals surface area contributed by atoms with Crippen molar-refractivity contribution in [3.8, 4) is 5.75 Å². The van der Waals surface area contributed by atoms with E-state index in [0.717, 1.165) is 23.3 Å². The van der Waals surface area contributed by atoms with Crippen LogP contribution in [0.5, 0.6) is 5.75 Å². The van der Waals surface area contributed by atoms with E-state index in [0.29, 0.717) is 0 Å². The topological polar surface area (TPSA) is 21.3 Å². The molecule has 0 saturated carbocycles. The number of halogens is 2. The van der Waals surface area contributed by atoms with Crippen LogP contribution in [0.3, 0.4) is 0 Å². The second-order valence-electron chi connectivity index (χ2n) is 3.61. The zero-order chi connectivity index (χ0) is 9.31. The molecule has 2 nitrogen and oxygen atoms in total. The molecule has 0 aliphatic carbocycles. The van der Waals surface area contributed by atoms with Crippen molar-refractivity contribution in [2.75, 3.05) is 13.1 Å². The van der Waals surface area contributed by atoms with Crippen molar-refractivity contribution in [2.24, 2.45) is 0 Å². The van der Waals surface area contributed by atoms with Crippen LogP contribution < -0.4 is 10.1 Å². The molecule has 4 heteroatoms. The molecule has 1 aromatic rings. The average molecular weight is 279 g/mol. The Kier molecular flexibility index (Phi) is 3.81. The minimum Gasteiger partial charge on any atom is -0.485 e. The van der Waals surface area contributed by atoms with Gasteiger partial charge in [0.15, 0.2) is 0 Å². The molecule has 0 aromatic heterocycles. The van der Waals surface area contributed by atoms with Crippen LogP contribution in [0.15, 0.2) is 28.7 Å². The number of hydrogen-bond donors (Lipinski definition) is 1. The Hall–Kier alpha value is -0.250. The first-order chi connectivity index (χ1) is 6.18. The van der Waals surface area contributed by atoms with Gasteiger partial charge in [0.25, 0.3) is 0 Å². The van der Waals surface area contributed by atoms with Crippen LogP contribution in [0.1, 0.15) is 6.92 Å². The van der Waals surface area contributed by atoms with Crippen LogP contribution in [0.4, 0.5) is 0 Å². The first kappa shape index (κ1) is 11.8. The number of ether oxygens (including phenoxy) is 1. The summed E-state index contributed by atoms with van der Waals surface area (Å²) in [6, 6.07) is 7.94. The second kappa shape index (κ2) is 4.51. The van der Waals surface area contributed by atoms with Gasteiger partial charge in [-0.1, -0.05) is 15.9 Å². The maximum Gasteiger partial charge on any atom is 0.131 e. The molecule has 0 bridgehead atoms. The van der Waals surface area contributed by atoms with E-state index in [9.17, 15) is 0 Å². The Morgan fingerprint density at radius 3 is 2.29 bits per heavy atom. The van der Waals surface area contributed by atoms with Crippen molar-refractivity contribution >= 4 is 28.3 Å². The van der Waals surface area contributed by atoms with E-state index in [1.54, 1.807) is 0 Å². The van der Waals surface area contributed by atoms with Crippen molar-refractivity contribution in [2.45, 2.75) is 12.5 Å². The third kappa shape index (κ3) is 2.62. The average Bonchev–Trinajstić information content (AvgIpc) is 2.06. The molecule has 1 heterocycles. The van der Waals surface area contributed by atoms with E-state index in [1.807, 2.05) is 24.3 Å². The molecule has 1 fully saturated rings. The lowest BCUT2D eigenvalue weighted by atomic mass is 10.00. The van der Waals surface area contributed by atoms with Crippen LogP contribution >= 0.6 is 28.3 Å². The van der Waals surface area contributed by atoms with Gasteiger partial charge in [-0.3, -0.25) is 0 Å². The Labute approximate surface area is 98.6 Å². The first-order valence-electron chi connectivity index (χ1n) is 4.33. The zero-order valence-corrected chi connectivity index (χ0v) is 10.3. The molecule has 2 rings (SSSR count). The molecular formula is C10H13BrClNO. The lowest BCUT2D eigenvalue weighted by molar-refractivity contribution is 0.0349. The fourth-order valence-electron chi connectivity index (χ4n) is 1.34. The van der Waals surface area contributed by atoms with Gasteiger partial charge in [0.05, 0.1) is 0 Å². The van der Waals surface area contributed by atoms with Crippen LogP contribution in [-0.2, 0) is 0 Å². The molecule has 0 unspecified atom stereocenters. The summed E-state index contributed by atoms with van der Waals surface area (Å²) in [6.45, 7) is 3.98. The number of nitrogens with one attached hydrogen (secondary N) is 1. The highest BCUT2D eigenvalue weighted by Crippen LogP contribution is 2.23. The van der Waals surface area contributed by atoms with Crippen LogP contribution in [0.2, 0.25) is 0 Å². The highest BCUT2D eigenvalue weighted by molar-refractivity contribution is 9.10. The molecule has 0 radical (unpaired) electrons. The van der Waals surface area contributed by atoms with Crippen molar-refractivity contribution in [3.05, 3.63) is 28.7 Å². The minimum atomic E-state index is -0.00612. The third-order valence-corrected chi connectivity index (χ3v) is 2.70. The van der Waals surface area contributed by atoms with E-state index in [-0.39, 0.29) is 18.0 Å².